The number of aryl methyl sites for hydroxylation is 1. The van der Waals surface area contributed by atoms with E-state index < -0.39 is 0 Å². The van der Waals surface area contributed by atoms with Gasteiger partial charge in [-0.25, -0.2) is 0 Å². The molecule has 0 N–H and O–H groups in total. The van der Waals surface area contributed by atoms with Gasteiger partial charge >= 0.3 is 0 Å². The van der Waals surface area contributed by atoms with Gasteiger partial charge in [-0.05, 0) is 33.1 Å². The van der Waals surface area contributed by atoms with Crippen LogP contribution >= 0.6 is 34.9 Å². The first-order valence-electron chi connectivity index (χ1n) is 6.27. The highest BCUT2D eigenvalue weighted by atomic mass is 32.2. The van der Waals surface area contributed by atoms with Gasteiger partial charge in [-0.3, -0.25) is 4.79 Å². The molecule has 0 spiro atoms. The monoisotopic (exact) mass is 327 g/mol. The van der Waals surface area contributed by atoms with Gasteiger partial charge in [0.05, 0.1) is 5.75 Å². The number of ketones is 1. The van der Waals surface area contributed by atoms with Crippen molar-refractivity contribution < 1.29 is 4.79 Å². The molecule has 0 aromatic carbocycles. The summed E-state index contributed by atoms with van der Waals surface area (Å²) in [6.45, 7) is 7.03. The van der Waals surface area contributed by atoms with E-state index >= 15 is 0 Å². The lowest BCUT2D eigenvalue weighted by Crippen LogP contribution is -2.05. The van der Waals surface area contributed by atoms with Crippen molar-refractivity contribution >= 4 is 40.6 Å². The SMILES string of the molecule is CCn1c(C)cc(C(=O)CSc2nnc(SC)s2)c1C. The number of rotatable bonds is 6. The molecule has 0 bridgehead atoms. The second-order valence-electron chi connectivity index (χ2n) is 4.28. The largest absolute Gasteiger partial charge is 0.349 e. The number of Topliss-reactive ketones (excluding diaryl/α,β-unsaturated/α-hetero) is 1. The second kappa shape index (κ2) is 6.78. The van der Waals surface area contributed by atoms with Crippen LogP contribution in [0, 0.1) is 13.8 Å². The molecule has 0 aliphatic heterocycles. The molecule has 2 heterocycles. The van der Waals surface area contributed by atoms with Crippen molar-refractivity contribution in [2.45, 2.75) is 36.0 Å². The van der Waals surface area contributed by atoms with E-state index in [1.165, 1.54) is 23.1 Å². The molecular formula is C13H17N3OS3. The quantitative estimate of drug-likeness (QED) is 0.598. The summed E-state index contributed by atoms with van der Waals surface area (Å²) in [6.07, 6.45) is 1.97. The minimum atomic E-state index is 0.156. The molecule has 7 heteroatoms. The summed E-state index contributed by atoms with van der Waals surface area (Å²) in [4.78, 5) is 12.3. The lowest BCUT2D eigenvalue weighted by atomic mass is 10.2. The van der Waals surface area contributed by atoms with Gasteiger partial charge in [0.2, 0.25) is 0 Å². The van der Waals surface area contributed by atoms with Crippen molar-refractivity contribution in [2.75, 3.05) is 12.0 Å². The molecule has 108 valence electrons. The molecule has 0 atom stereocenters. The maximum absolute atomic E-state index is 12.3. The Kier molecular flexibility index (Phi) is 5.29. The zero-order valence-electron chi connectivity index (χ0n) is 12.0. The van der Waals surface area contributed by atoms with Crippen molar-refractivity contribution in [3.8, 4) is 0 Å². The summed E-state index contributed by atoms with van der Waals surface area (Å²) in [6, 6.07) is 1.98. The van der Waals surface area contributed by atoms with E-state index in [0.717, 1.165) is 32.2 Å². The van der Waals surface area contributed by atoms with E-state index in [2.05, 4.69) is 21.7 Å². The molecule has 0 amide bonds. The van der Waals surface area contributed by atoms with Crippen molar-refractivity contribution in [1.82, 2.24) is 14.8 Å². The number of nitrogens with zero attached hydrogens (tertiary/aromatic N) is 3. The van der Waals surface area contributed by atoms with Gasteiger partial charge in [0.25, 0.3) is 0 Å². The average molecular weight is 328 g/mol. The Bertz CT molecular complexity index is 618. The third-order valence-corrected chi connectivity index (χ3v) is 6.11. The normalized spacial score (nSPS) is 11.0. The smallest absolute Gasteiger partial charge is 0.175 e. The van der Waals surface area contributed by atoms with Crippen LogP contribution in [-0.2, 0) is 6.54 Å². The van der Waals surface area contributed by atoms with Gasteiger partial charge in [0.15, 0.2) is 14.5 Å². The van der Waals surface area contributed by atoms with Crippen LogP contribution in [0.4, 0.5) is 0 Å². The maximum Gasteiger partial charge on any atom is 0.175 e. The number of carbonyl (C=O) groups excluding carboxylic acids is 1. The molecule has 0 unspecified atom stereocenters. The van der Waals surface area contributed by atoms with Gasteiger partial charge in [0, 0.05) is 23.5 Å². The Morgan fingerprint density at radius 2 is 2.05 bits per heavy atom. The topological polar surface area (TPSA) is 47.8 Å². The van der Waals surface area contributed by atoms with Crippen molar-refractivity contribution in [2.24, 2.45) is 0 Å². The Hall–Kier alpha value is -0.790. The molecule has 0 saturated carbocycles. The lowest BCUT2D eigenvalue weighted by Gasteiger charge is -2.05. The standard InChI is InChI=1S/C13H17N3OS3/c1-5-16-8(2)6-10(9(16)3)11(17)7-19-13-15-14-12(18-4)20-13/h6H,5,7H2,1-4H3. The Labute approximate surface area is 131 Å². The molecular weight excluding hydrogens is 310 g/mol. The molecule has 0 saturated heterocycles. The molecule has 0 aliphatic rings. The Morgan fingerprint density at radius 3 is 2.60 bits per heavy atom. The van der Waals surface area contributed by atoms with Gasteiger partial charge in [-0.1, -0.05) is 34.9 Å². The third-order valence-electron chi connectivity index (χ3n) is 3.08. The van der Waals surface area contributed by atoms with Crippen LogP contribution in [0.5, 0.6) is 0 Å². The summed E-state index contributed by atoms with van der Waals surface area (Å²) in [7, 11) is 0. The van der Waals surface area contributed by atoms with Crippen LogP contribution in [-0.4, -0.2) is 32.6 Å². The second-order valence-corrected chi connectivity index (χ2v) is 7.53. The van der Waals surface area contributed by atoms with Gasteiger partial charge in [0.1, 0.15) is 0 Å². The Morgan fingerprint density at radius 1 is 1.35 bits per heavy atom. The zero-order chi connectivity index (χ0) is 14.7. The number of carbonyl (C=O) groups is 1. The molecule has 0 radical (unpaired) electrons. The van der Waals surface area contributed by atoms with Crippen LogP contribution in [0.2, 0.25) is 0 Å². The molecule has 4 nitrogen and oxygen atoms in total. The highest BCUT2D eigenvalue weighted by Crippen LogP contribution is 2.28. The molecule has 2 rings (SSSR count). The number of aromatic nitrogens is 3. The summed E-state index contributed by atoms with van der Waals surface area (Å²) in [5.41, 5.74) is 3.02. The number of hydrogen-bond donors (Lipinski definition) is 0. The molecule has 2 aromatic heterocycles. The van der Waals surface area contributed by atoms with E-state index in [1.807, 2.05) is 26.2 Å². The fourth-order valence-corrected chi connectivity index (χ4v) is 4.43. The van der Waals surface area contributed by atoms with Crippen LogP contribution < -0.4 is 0 Å². The van der Waals surface area contributed by atoms with Crippen LogP contribution in [0.15, 0.2) is 14.7 Å². The van der Waals surface area contributed by atoms with Crippen LogP contribution in [0.1, 0.15) is 28.7 Å². The summed E-state index contributed by atoms with van der Waals surface area (Å²) in [5.74, 6) is 0.570. The van der Waals surface area contributed by atoms with E-state index in [0.29, 0.717) is 5.75 Å². The number of hydrogen-bond acceptors (Lipinski definition) is 6. The van der Waals surface area contributed by atoms with Gasteiger partial charge in [-0.2, -0.15) is 0 Å². The zero-order valence-corrected chi connectivity index (χ0v) is 14.4. The predicted octanol–water partition coefficient (Wildman–Crippen LogP) is 3.67. The highest BCUT2D eigenvalue weighted by molar-refractivity contribution is 8.03. The van der Waals surface area contributed by atoms with Crippen LogP contribution in [0.25, 0.3) is 0 Å². The minimum Gasteiger partial charge on any atom is -0.349 e. The van der Waals surface area contributed by atoms with E-state index in [-0.39, 0.29) is 5.78 Å². The van der Waals surface area contributed by atoms with E-state index in [4.69, 9.17) is 0 Å². The van der Waals surface area contributed by atoms with Gasteiger partial charge < -0.3 is 4.57 Å². The van der Waals surface area contributed by atoms with Crippen molar-refractivity contribution in [3.05, 3.63) is 23.0 Å². The van der Waals surface area contributed by atoms with Crippen LogP contribution in [0.3, 0.4) is 0 Å². The summed E-state index contributed by atoms with van der Waals surface area (Å²) < 4.78 is 3.95. The molecule has 0 fully saturated rings. The van der Waals surface area contributed by atoms with E-state index in [1.54, 1.807) is 11.8 Å². The first-order valence-corrected chi connectivity index (χ1v) is 9.29. The van der Waals surface area contributed by atoms with E-state index in [9.17, 15) is 4.79 Å². The Balaban J connectivity index is 2.05. The maximum atomic E-state index is 12.3. The summed E-state index contributed by atoms with van der Waals surface area (Å²) >= 11 is 4.57. The molecule has 0 aliphatic carbocycles. The minimum absolute atomic E-state index is 0.156. The third kappa shape index (κ3) is 3.27. The molecule has 20 heavy (non-hydrogen) atoms. The van der Waals surface area contributed by atoms with Gasteiger partial charge in [-0.15, -0.1) is 10.2 Å². The fraction of sp³-hybridized carbons (Fsp3) is 0.462. The highest BCUT2D eigenvalue weighted by Gasteiger charge is 2.16. The number of thioether (sulfide) groups is 2. The first-order chi connectivity index (χ1) is 9.56. The fourth-order valence-electron chi connectivity index (χ4n) is 2.11. The predicted molar refractivity (Wildman–Crippen MR) is 86.3 cm³/mol. The first kappa shape index (κ1) is 15.6. The molecule has 2 aromatic rings. The average Bonchev–Trinajstić information content (AvgIpc) is 3.01. The van der Waals surface area contributed by atoms with Crippen molar-refractivity contribution in [1.29, 1.82) is 0 Å². The lowest BCUT2D eigenvalue weighted by molar-refractivity contribution is 0.102. The van der Waals surface area contributed by atoms with Crippen molar-refractivity contribution in [3.63, 3.8) is 0 Å². The summed E-state index contributed by atoms with van der Waals surface area (Å²) in [5, 5.41) is 8.10.